The Bertz CT molecular complexity index is 1450. The minimum atomic E-state index is -3.68. The van der Waals surface area contributed by atoms with Crippen molar-refractivity contribution in [1.82, 2.24) is 5.32 Å². The van der Waals surface area contributed by atoms with E-state index in [0.29, 0.717) is 24.2 Å². The van der Waals surface area contributed by atoms with Crippen LogP contribution in [-0.2, 0) is 37.2 Å². The highest BCUT2D eigenvalue weighted by Crippen LogP contribution is 2.33. The van der Waals surface area contributed by atoms with Gasteiger partial charge in [0, 0.05) is 12.6 Å². The van der Waals surface area contributed by atoms with Gasteiger partial charge in [-0.3, -0.25) is 9.10 Å². The Kier molecular flexibility index (Phi) is 7.10. The van der Waals surface area contributed by atoms with Crippen LogP contribution in [0, 0.1) is 0 Å². The lowest BCUT2D eigenvalue weighted by Crippen LogP contribution is -2.34. The minimum Gasteiger partial charge on any atom is -0.452 e. The number of rotatable bonds is 7. The maximum atomic E-state index is 13.1. The van der Waals surface area contributed by atoms with Crippen molar-refractivity contribution in [3.8, 4) is 0 Å². The predicted octanol–water partition coefficient (Wildman–Crippen LogP) is 4.19. The van der Waals surface area contributed by atoms with Crippen LogP contribution in [-0.4, -0.2) is 33.4 Å². The number of hydrogen-bond acceptors (Lipinski definition) is 5. The molecule has 1 amide bonds. The summed E-state index contributed by atoms with van der Waals surface area (Å²) in [6.45, 7) is 0.0480. The first-order valence-electron chi connectivity index (χ1n) is 12.3. The largest absolute Gasteiger partial charge is 0.452 e. The number of ether oxygens (including phenoxy) is 1. The number of aryl methyl sites for hydroxylation is 1. The molecule has 0 unspecified atom stereocenters. The van der Waals surface area contributed by atoms with Gasteiger partial charge in [-0.05, 0) is 72.2 Å². The lowest BCUT2D eigenvalue weighted by Gasteiger charge is -2.26. The van der Waals surface area contributed by atoms with E-state index in [0.717, 1.165) is 30.4 Å². The van der Waals surface area contributed by atoms with E-state index in [1.54, 1.807) is 12.1 Å². The van der Waals surface area contributed by atoms with Crippen LogP contribution in [0.15, 0.2) is 83.8 Å². The van der Waals surface area contributed by atoms with Crippen molar-refractivity contribution < 1.29 is 22.7 Å². The lowest BCUT2D eigenvalue weighted by molar-refractivity contribution is -0.144. The zero-order chi connectivity index (χ0) is 25.8. The summed E-state index contributed by atoms with van der Waals surface area (Å²) in [4.78, 5) is 24.7. The van der Waals surface area contributed by atoms with E-state index in [9.17, 15) is 18.0 Å². The van der Waals surface area contributed by atoms with Gasteiger partial charge in [0.2, 0.25) is 0 Å². The fraction of sp³-hybridized carbons (Fsp3) is 0.241. The number of para-hydroxylation sites is 1. The topological polar surface area (TPSA) is 92.8 Å². The number of nitrogens with one attached hydrogen (secondary N) is 1. The molecule has 0 saturated heterocycles. The van der Waals surface area contributed by atoms with Crippen molar-refractivity contribution in [1.29, 1.82) is 0 Å². The molecule has 190 valence electrons. The van der Waals surface area contributed by atoms with E-state index in [-0.39, 0.29) is 23.5 Å². The molecule has 0 spiro atoms. The van der Waals surface area contributed by atoms with Crippen LogP contribution in [0.3, 0.4) is 0 Å². The lowest BCUT2D eigenvalue weighted by atomic mass is 9.88. The summed E-state index contributed by atoms with van der Waals surface area (Å²) in [6.07, 6.45) is 6.29. The van der Waals surface area contributed by atoms with E-state index in [1.807, 2.05) is 42.5 Å². The quantitative estimate of drug-likeness (QED) is 0.376. The Labute approximate surface area is 216 Å². The molecular weight excluding hydrogens is 488 g/mol. The monoisotopic (exact) mass is 516 g/mol. The fourth-order valence-electron chi connectivity index (χ4n) is 4.92. The van der Waals surface area contributed by atoms with Gasteiger partial charge in [0.05, 0.1) is 16.6 Å². The first-order chi connectivity index (χ1) is 17.9. The highest BCUT2D eigenvalue weighted by atomic mass is 32.2. The van der Waals surface area contributed by atoms with Crippen molar-refractivity contribution in [2.45, 2.75) is 36.6 Å². The van der Waals surface area contributed by atoms with Gasteiger partial charge >= 0.3 is 5.97 Å². The summed E-state index contributed by atoms with van der Waals surface area (Å²) >= 11 is 0. The minimum absolute atomic E-state index is 0.0736. The van der Waals surface area contributed by atoms with Gasteiger partial charge < -0.3 is 10.1 Å². The number of fused-ring (bicyclic) bond motifs is 2. The molecule has 8 heteroatoms. The number of carbonyl (C=O) groups is 2. The van der Waals surface area contributed by atoms with Gasteiger partial charge in [0.15, 0.2) is 6.61 Å². The normalized spacial score (nSPS) is 16.8. The third-order valence-electron chi connectivity index (χ3n) is 6.77. The average molecular weight is 517 g/mol. The Morgan fingerprint density at radius 3 is 2.49 bits per heavy atom. The number of benzene rings is 3. The van der Waals surface area contributed by atoms with Crippen LogP contribution < -0.4 is 9.62 Å². The molecule has 1 aliphatic heterocycles. The first kappa shape index (κ1) is 24.8. The number of sulfonamides is 1. The second-order valence-electron chi connectivity index (χ2n) is 9.18. The number of carbonyl (C=O) groups excluding carboxylic acids is 2. The van der Waals surface area contributed by atoms with Crippen molar-refractivity contribution in [3.63, 3.8) is 0 Å². The average Bonchev–Trinajstić information content (AvgIpc) is 3.36. The van der Waals surface area contributed by atoms with Gasteiger partial charge in [0.25, 0.3) is 15.9 Å². The molecule has 2 aliphatic rings. The van der Waals surface area contributed by atoms with Gasteiger partial charge in [0.1, 0.15) is 0 Å². The Balaban J connectivity index is 1.14. The Morgan fingerprint density at radius 1 is 0.946 bits per heavy atom. The molecule has 3 aromatic rings. The Hall–Kier alpha value is -3.91. The van der Waals surface area contributed by atoms with E-state index < -0.39 is 16.0 Å². The summed E-state index contributed by atoms with van der Waals surface area (Å²) in [5.74, 6) is -0.994. The third-order valence-corrected chi connectivity index (χ3v) is 8.60. The smallest absolute Gasteiger partial charge is 0.331 e. The maximum absolute atomic E-state index is 13.1. The highest BCUT2D eigenvalue weighted by molar-refractivity contribution is 7.92. The Morgan fingerprint density at radius 2 is 1.68 bits per heavy atom. The summed E-state index contributed by atoms with van der Waals surface area (Å²) in [6, 6.07) is 21.8. The molecule has 1 N–H and O–H groups in total. The van der Waals surface area contributed by atoms with E-state index >= 15 is 0 Å². The molecule has 1 heterocycles. The van der Waals surface area contributed by atoms with Gasteiger partial charge in [-0.2, -0.15) is 0 Å². The summed E-state index contributed by atoms with van der Waals surface area (Å²) < 4.78 is 32.8. The molecule has 0 fully saturated rings. The van der Waals surface area contributed by atoms with Crippen LogP contribution in [0.4, 0.5) is 5.69 Å². The van der Waals surface area contributed by atoms with Gasteiger partial charge in [-0.1, -0.05) is 54.6 Å². The predicted molar refractivity (Wildman–Crippen MR) is 141 cm³/mol. The number of anilines is 1. The van der Waals surface area contributed by atoms with Crippen molar-refractivity contribution in [2.24, 2.45) is 0 Å². The third kappa shape index (κ3) is 5.44. The number of esters is 1. The van der Waals surface area contributed by atoms with Crippen molar-refractivity contribution in [2.75, 3.05) is 17.5 Å². The van der Waals surface area contributed by atoms with Gasteiger partial charge in [-0.15, -0.1) is 0 Å². The van der Waals surface area contributed by atoms with Crippen molar-refractivity contribution in [3.05, 3.63) is 101 Å². The zero-order valence-corrected chi connectivity index (χ0v) is 21.1. The highest BCUT2D eigenvalue weighted by Gasteiger charge is 2.30. The molecule has 37 heavy (non-hydrogen) atoms. The summed E-state index contributed by atoms with van der Waals surface area (Å²) in [5.41, 5.74) is 4.73. The van der Waals surface area contributed by atoms with E-state index in [4.69, 9.17) is 4.74 Å². The molecule has 7 nitrogen and oxygen atoms in total. The molecule has 0 radical (unpaired) electrons. The SMILES string of the molecule is O=C(COC(=O)/C=C/c1ccc(S(=O)(=O)N2CCc3ccccc32)cc1)N[C@@H]1CCCc2ccccc21. The first-order valence-corrected chi connectivity index (χ1v) is 13.8. The van der Waals surface area contributed by atoms with Crippen LogP contribution in [0.5, 0.6) is 0 Å². The van der Waals surface area contributed by atoms with Gasteiger partial charge in [-0.25, -0.2) is 13.2 Å². The molecule has 0 bridgehead atoms. The van der Waals surface area contributed by atoms with Crippen LogP contribution in [0.1, 0.15) is 41.1 Å². The summed E-state index contributed by atoms with van der Waals surface area (Å²) in [7, 11) is -3.68. The number of nitrogens with zero attached hydrogens (tertiary/aromatic N) is 1. The number of hydrogen-bond donors (Lipinski definition) is 1. The van der Waals surface area contributed by atoms with Crippen LogP contribution in [0.25, 0.3) is 6.08 Å². The standard InChI is InChI=1S/C29H28N2O5S/c32-28(30-26-10-5-8-22-6-1-3-9-25(22)26)20-36-29(33)17-14-21-12-15-24(16-13-21)37(34,35)31-19-18-23-7-2-4-11-27(23)31/h1-4,6-7,9,11-17,26H,5,8,10,18-20H2,(H,30,32)/b17-14+/t26-/m1/s1. The van der Waals surface area contributed by atoms with Crippen LogP contribution in [0.2, 0.25) is 0 Å². The molecule has 5 rings (SSSR count). The van der Waals surface area contributed by atoms with E-state index in [1.165, 1.54) is 34.2 Å². The molecule has 0 saturated carbocycles. The molecule has 1 aliphatic carbocycles. The molecule has 3 aromatic carbocycles. The summed E-state index contributed by atoms with van der Waals surface area (Å²) in [5, 5.41) is 2.95. The van der Waals surface area contributed by atoms with Crippen LogP contribution >= 0.6 is 0 Å². The molecular formula is C29H28N2O5S. The fourth-order valence-corrected chi connectivity index (χ4v) is 6.43. The van der Waals surface area contributed by atoms with Crippen molar-refractivity contribution >= 4 is 33.7 Å². The second-order valence-corrected chi connectivity index (χ2v) is 11.0. The molecule has 0 aromatic heterocycles. The zero-order valence-electron chi connectivity index (χ0n) is 20.3. The maximum Gasteiger partial charge on any atom is 0.331 e. The second kappa shape index (κ2) is 10.6. The molecule has 1 atom stereocenters. The number of amides is 1. The van der Waals surface area contributed by atoms with E-state index in [2.05, 4.69) is 11.4 Å².